The molecule has 0 saturated heterocycles. The van der Waals surface area contributed by atoms with Crippen LogP contribution in [0.2, 0.25) is 5.02 Å². The fourth-order valence-electron chi connectivity index (χ4n) is 3.35. The summed E-state index contributed by atoms with van der Waals surface area (Å²) >= 11 is 6.06. The lowest BCUT2D eigenvalue weighted by Gasteiger charge is -2.15. The Hall–Kier alpha value is -3.17. The van der Waals surface area contributed by atoms with E-state index in [1.54, 1.807) is 12.1 Å². The summed E-state index contributed by atoms with van der Waals surface area (Å²) in [7, 11) is 0. The Morgan fingerprint density at radius 1 is 0.929 bits per heavy atom. The van der Waals surface area contributed by atoms with Gasteiger partial charge in [-0.05, 0) is 43.7 Å². The van der Waals surface area contributed by atoms with Crippen LogP contribution in [-0.4, -0.2) is 10.9 Å². The van der Waals surface area contributed by atoms with Crippen LogP contribution in [0.5, 0.6) is 0 Å². The van der Waals surface area contributed by atoms with Gasteiger partial charge < -0.3 is 5.32 Å². The van der Waals surface area contributed by atoms with E-state index in [1.807, 2.05) is 62.4 Å². The molecule has 1 N–H and O–H groups in total. The molecule has 138 valence electrons. The number of benzene rings is 3. The smallest absolute Gasteiger partial charge is 0.256 e. The summed E-state index contributed by atoms with van der Waals surface area (Å²) in [5, 5.41) is 4.38. The number of carbonyl (C=O) groups is 1. The monoisotopic (exact) mass is 386 g/mol. The summed E-state index contributed by atoms with van der Waals surface area (Å²) in [6.07, 6.45) is 0. The highest BCUT2D eigenvalue weighted by Gasteiger charge is 2.19. The van der Waals surface area contributed by atoms with Gasteiger partial charge in [0.2, 0.25) is 0 Å². The number of para-hydroxylation sites is 1. The van der Waals surface area contributed by atoms with Crippen LogP contribution in [-0.2, 0) is 0 Å². The van der Waals surface area contributed by atoms with Gasteiger partial charge in [0.15, 0.2) is 0 Å². The number of hydrogen-bond donors (Lipinski definition) is 1. The molecule has 0 fully saturated rings. The minimum absolute atomic E-state index is 0.174. The van der Waals surface area contributed by atoms with Crippen LogP contribution in [0.15, 0.2) is 72.8 Å². The van der Waals surface area contributed by atoms with Gasteiger partial charge in [-0.15, -0.1) is 0 Å². The highest BCUT2D eigenvalue weighted by Crippen LogP contribution is 2.30. The largest absolute Gasteiger partial charge is 0.322 e. The highest BCUT2D eigenvalue weighted by molar-refractivity contribution is 6.31. The van der Waals surface area contributed by atoms with Gasteiger partial charge in [-0.3, -0.25) is 4.79 Å². The fourth-order valence-corrected chi connectivity index (χ4v) is 3.54. The molecule has 0 aliphatic rings. The number of aryl methyl sites for hydroxylation is 1. The standard InChI is InChI=1S/C24H19ClN2O/c1-15-10-12-17(13-11-15)23-16(2)22(20-8-3-4-9-21(20)27-23)24(28)26-19-7-5-6-18(25)14-19/h3-14H,1-2H3,(H,26,28). The van der Waals surface area contributed by atoms with Crippen LogP contribution >= 0.6 is 11.6 Å². The molecule has 3 nitrogen and oxygen atoms in total. The molecule has 0 bridgehead atoms. The summed E-state index contributed by atoms with van der Waals surface area (Å²) in [5.41, 5.74) is 5.92. The molecular weight excluding hydrogens is 368 g/mol. The Kier molecular flexibility index (Phi) is 4.84. The predicted molar refractivity (Wildman–Crippen MR) is 116 cm³/mol. The molecule has 0 unspecified atom stereocenters. The van der Waals surface area contributed by atoms with Crippen molar-refractivity contribution in [3.63, 3.8) is 0 Å². The first-order valence-corrected chi connectivity index (χ1v) is 9.44. The number of hydrogen-bond acceptors (Lipinski definition) is 2. The van der Waals surface area contributed by atoms with Crippen LogP contribution in [0.4, 0.5) is 5.69 Å². The van der Waals surface area contributed by atoms with Crippen LogP contribution in [0, 0.1) is 13.8 Å². The number of fused-ring (bicyclic) bond motifs is 1. The lowest BCUT2D eigenvalue weighted by Crippen LogP contribution is -2.15. The van der Waals surface area contributed by atoms with E-state index in [1.165, 1.54) is 5.56 Å². The van der Waals surface area contributed by atoms with E-state index >= 15 is 0 Å². The van der Waals surface area contributed by atoms with Crippen molar-refractivity contribution < 1.29 is 4.79 Å². The second-order valence-electron chi connectivity index (χ2n) is 6.81. The zero-order chi connectivity index (χ0) is 19.7. The minimum Gasteiger partial charge on any atom is -0.322 e. The van der Waals surface area contributed by atoms with Crippen LogP contribution in [0.1, 0.15) is 21.5 Å². The topological polar surface area (TPSA) is 42.0 Å². The minimum atomic E-state index is -0.174. The summed E-state index contributed by atoms with van der Waals surface area (Å²) in [6.45, 7) is 4.00. The van der Waals surface area contributed by atoms with Crippen LogP contribution in [0.3, 0.4) is 0 Å². The van der Waals surface area contributed by atoms with E-state index in [4.69, 9.17) is 16.6 Å². The average Bonchev–Trinajstić information content (AvgIpc) is 2.68. The maximum atomic E-state index is 13.2. The van der Waals surface area contributed by atoms with Crippen LogP contribution in [0.25, 0.3) is 22.2 Å². The maximum absolute atomic E-state index is 13.2. The van der Waals surface area contributed by atoms with Crippen LogP contribution < -0.4 is 5.32 Å². The summed E-state index contributed by atoms with van der Waals surface area (Å²) in [5.74, 6) is -0.174. The van der Waals surface area contributed by atoms with Crippen molar-refractivity contribution in [2.24, 2.45) is 0 Å². The second kappa shape index (κ2) is 7.45. The van der Waals surface area contributed by atoms with Crippen molar-refractivity contribution in [2.45, 2.75) is 13.8 Å². The van der Waals surface area contributed by atoms with Gasteiger partial charge in [0.1, 0.15) is 0 Å². The fraction of sp³-hybridized carbons (Fsp3) is 0.0833. The third kappa shape index (κ3) is 3.49. The molecule has 0 aliphatic carbocycles. The van der Waals surface area contributed by atoms with Gasteiger partial charge in [-0.2, -0.15) is 0 Å². The molecule has 0 aliphatic heterocycles. The van der Waals surface area contributed by atoms with Crippen molar-refractivity contribution in [1.82, 2.24) is 4.98 Å². The Labute approximate surface area is 169 Å². The number of nitrogens with one attached hydrogen (secondary N) is 1. The lowest BCUT2D eigenvalue weighted by atomic mass is 9.96. The Balaban J connectivity index is 1.87. The number of pyridine rings is 1. The number of rotatable bonds is 3. The normalized spacial score (nSPS) is 10.8. The molecule has 3 aromatic carbocycles. The number of halogens is 1. The molecule has 4 rings (SSSR count). The van der Waals surface area contributed by atoms with Gasteiger partial charge in [-0.1, -0.05) is 65.7 Å². The molecule has 28 heavy (non-hydrogen) atoms. The number of nitrogens with zero attached hydrogens (tertiary/aromatic N) is 1. The van der Waals surface area contributed by atoms with Crippen molar-refractivity contribution in [1.29, 1.82) is 0 Å². The number of aromatic nitrogens is 1. The van der Waals surface area contributed by atoms with Crippen molar-refractivity contribution in [3.8, 4) is 11.3 Å². The molecule has 0 atom stereocenters. The first kappa shape index (κ1) is 18.2. The SMILES string of the molecule is Cc1ccc(-c2nc3ccccc3c(C(=O)Nc3cccc(Cl)c3)c2C)cc1. The first-order valence-electron chi connectivity index (χ1n) is 9.06. The third-order valence-corrected chi connectivity index (χ3v) is 5.01. The highest BCUT2D eigenvalue weighted by atomic mass is 35.5. The molecule has 4 heteroatoms. The van der Waals surface area contributed by atoms with Crippen molar-refractivity contribution in [2.75, 3.05) is 5.32 Å². The van der Waals surface area contributed by atoms with Gasteiger partial charge in [0, 0.05) is 21.7 Å². The lowest BCUT2D eigenvalue weighted by molar-refractivity contribution is 0.102. The molecule has 1 amide bonds. The first-order chi connectivity index (χ1) is 13.5. The number of anilines is 1. The van der Waals surface area contributed by atoms with Gasteiger partial charge >= 0.3 is 0 Å². The van der Waals surface area contributed by atoms with Gasteiger partial charge in [0.05, 0.1) is 16.8 Å². The molecule has 1 aromatic heterocycles. The van der Waals surface area contributed by atoms with Crippen molar-refractivity contribution >= 4 is 34.1 Å². The van der Waals surface area contributed by atoms with Gasteiger partial charge in [0.25, 0.3) is 5.91 Å². The summed E-state index contributed by atoms with van der Waals surface area (Å²) < 4.78 is 0. The predicted octanol–water partition coefficient (Wildman–Crippen LogP) is 6.42. The Morgan fingerprint density at radius 2 is 1.68 bits per heavy atom. The molecule has 0 saturated carbocycles. The molecule has 1 heterocycles. The quantitative estimate of drug-likeness (QED) is 0.441. The Morgan fingerprint density at radius 3 is 2.43 bits per heavy atom. The molecule has 0 radical (unpaired) electrons. The van der Waals surface area contributed by atoms with Crippen molar-refractivity contribution in [3.05, 3.63) is 94.5 Å². The molecule has 0 spiro atoms. The Bertz CT molecular complexity index is 1180. The third-order valence-electron chi connectivity index (χ3n) is 4.77. The van der Waals surface area contributed by atoms with E-state index in [2.05, 4.69) is 17.4 Å². The van der Waals surface area contributed by atoms with E-state index in [0.29, 0.717) is 16.3 Å². The zero-order valence-electron chi connectivity index (χ0n) is 15.7. The average molecular weight is 387 g/mol. The van der Waals surface area contributed by atoms with Gasteiger partial charge in [-0.25, -0.2) is 4.98 Å². The van der Waals surface area contributed by atoms with E-state index < -0.39 is 0 Å². The zero-order valence-corrected chi connectivity index (χ0v) is 16.4. The van der Waals surface area contributed by atoms with E-state index in [0.717, 1.165) is 27.7 Å². The second-order valence-corrected chi connectivity index (χ2v) is 7.24. The maximum Gasteiger partial charge on any atom is 0.256 e. The van der Waals surface area contributed by atoms with E-state index in [9.17, 15) is 4.79 Å². The molecule has 4 aromatic rings. The molecular formula is C24H19ClN2O. The number of carbonyl (C=O) groups excluding carboxylic acids is 1. The van der Waals surface area contributed by atoms with E-state index in [-0.39, 0.29) is 5.91 Å². The number of amides is 1. The summed E-state index contributed by atoms with van der Waals surface area (Å²) in [4.78, 5) is 18.1. The summed E-state index contributed by atoms with van der Waals surface area (Å²) in [6, 6.07) is 23.1.